The molecule has 0 heterocycles. The van der Waals surface area contributed by atoms with Gasteiger partial charge in [0.05, 0.1) is 0 Å². The Hall–Kier alpha value is -2.00. The zero-order valence-corrected chi connectivity index (χ0v) is 12.9. The van der Waals surface area contributed by atoms with E-state index in [-0.39, 0.29) is 5.92 Å². The summed E-state index contributed by atoms with van der Waals surface area (Å²) in [6.07, 6.45) is 0.500. The van der Waals surface area contributed by atoms with Crippen LogP contribution in [-0.4, -0.2) is 13.1 Å². The fourth-order valence-electron chi connectivity index (χ4n) is 2.31. The second kappa shape index (κ2) is 7.14. The van der Waals surface area contributed by atoms with Crippen molar-refractivity contribution >= 4 is 17.7 Å². The maximum absolute atomic E-state index is 11.2. The van der Waals surface area contributed by atoms with Gasteiger partial charge in [-0.25, -0.2) is 4.79 Å². The molecule has 0 spiro atoms. The van der Waals surface area contributed by atoms with Crippen LogP contribution in [0, 0.1) is 0 Å². The van der Waals surface area contributed by atoms with Gasteiger partial charge in [0.2, 0.25) is 0 Å². The molecule has 3 nitrogen and oxygen atoms in total. The summed E-state index contributed by atoms with van der Waals surface area (Å²) in [5.41, 5.74) is 2.36. The zero-order valence-electron chi connectivity index (χ0n) is 12.1. The number of nitrogens with one attached hydrogen (secondary N) is 1. The largest absolute Gasteiger partial charge is 0.412 e. The molecule has 0 saturated heterocycles. The fourth-order valence-corrected chi connectivity index (χ4v) is 2.51. The zero-order chi connectivity index (χ0) is 15.2. The van der Waals surface area contributed by atoms with Crippen molar-refractivity contribution in [2.45, 2.75) is 19.3 Å². The number of hydrogen-bond acceptors (Lipinski definition) is 2. The normalized spacial score (nSPS) is 11.8. The van der Waals surface area contributed by atoms with Crippen LogP contribution in [0.5, 0.6) is 5.75 Å². The number of rotatable bonds is 4. The molecule has 0 fully saturated rings. The van der Waals surface area contributed by atoms with E-state index in [1.54, 1.807) is 12.1 Å². The first-order chi connectivity index (χ1) is 10.1. The quantitative estimate of drug-likeness (QED) is 0.896. The van der Waals surface area contributed by atoms with Gasteiger partial charge in [-0.15, -0.1) is 0 Å². The molecule has 0 aliphatic carbocycles. The highest BCUT2D eigenvalue weighted by atomic mass is 35.5. The molecule has 0 aromatic heterocycles. The number of carbonyl (C=O) groups is 1. The lowest BCUT2D eigenvalue weighted by Crippen LogP contribution is -2.21. The Balaban J connectivity index is 2.21. The van der Waals surface area contributed by atoms with E-state index in [1.165, 1.54) is 18.2 Å². The molecule has 2 aromatic carbocycles. The molecule has 4 heteroatoms. The molecule has 21 heavy (non-hydrogen) atoms. The van der Waals surface area contributed by atoms with Gasteiger partial charge in [0.1, 0.15) is 5.75 Å². The minimum Gasteiger partial charge on any atom is -0.410 e. The summed E-state index contributed by atoms with van der Waals surface area (Å²) in [7, 11) is 1.53. The van der Waals surface area contributed by atoms with E-state index in [0.29, 0.717) is 5.75 Å². The molecule has 2 aromatic rings. The van der Waals surface area contributed by atoms with Crippen molar-refractivity contribution in [1.29, 1.82) is 0 Å². The lowest BCUT2D eigenvalue weighted by molar-refractivity contribution is 0.203. The first-order valence-corrected chi connectivity index (χ1v) is 7.26. The van der Waals surface area contributed by atoms with Gasteiger partial charge >= 0.3 is 6.09 Å². The van der Waals surface area contributed by atoms with Crippen molar-refractivity contribution in [3.8, 4) is 5.75 Å². The van der Waals surface area contributed by atoms with Gasteiger partial charge < -0.3 is 10.1 Å². The van der Waals surface area contributed by atoms with Gasteiger partial charge in [0.25, 0.3) is 0 Å². The van der Waals surface area contributed by atoms with Crippen LogP contribution in [0.4, 0.5) is 4.79 Å². The van der Waals surface area contributed by atoms with E-state index in [9.17, 15) is 4.79 Å². The Morgan fingerprint density at radius 1 is 1.19 bits per heavy atom. The number of benzene rings is 2. The first kappa shape index (κ1) is 15.4. The van der Waals surface area contributed by atoms with E-state index < -0.39 is 6.09 Å². The first-order valence-electron chi connectivity index (χ1n) is 6.89. The van der Waals surface area contributed by atoms with E-state index in [2.05, 4.69) is 18.3 Å². The molecule has 0 bridgehead atoms. The molecule has 1 amide bonds. The summed E-state index contributed by atoms with van der Waals surface area (Å²) >= 11 is 6.07. The molecule has 1 N–H and O–H groups in total. The summed E-state index contributed by atoms with van der Waals surface area (Å²) in [6, 6.07) is 15.5. The van der Waals surface area contributed by atoms with E-state index in [1.807, 2.05) is 30.3 Å². The highest BCUT2D eigenvalue weighted by Gasteiger charge is 2.13. The van der Waals surface area contributed by atoms with Gasteiger partial charge in [-0.2, -0.15) is 0 Å². The molecular weight excluding hydrogens is 286 g/mol. The van der Waals surface area contributed by atoms with E-state index in [0.717, 1.165) is 11.4 Å². The number of amides is 1. The van der Waals surface area contributed by atoms with Crippen molar-refractivity contribution in [1.82, 2.24) is 5.32 Å². The number of hydrogen-bond donors (Lipinski definition) is 1. The molecule has 0 aliphatic heterocycles. The molecule has 0 saturated carbocycles. The average Bonchev–Trinajstić information content (AvgIpc) is 2.50. The standard InChI is InChI=1S/C17H18ClNO2/c1-3-16(13-5-4-6-14(18)11-13)12-7-9-15(10-8-12)21-17(20)19-2/h4-11,16H,3H2,1-2H3,(H,19,20). The van der Waals surface area contributed by atoms with Gasteiger partial charge in [-0.3, -0.25) is 0 Å². The highest BCUT2D eigenvalue weighted by Crippen LogP contribution is 2.30. The SMILES string of the molecule is CCC(c1ccc(OC(=O)NC)cc1)c1cccc(Cl)c1. The topological polar surface area (TPSA) is 38.3 Å². The monoisotopic (exact) mass is 303 g/mol. The van der Waals surface area contributed by atoms with E-state index in [4.69, 9.17) is 16.3 Å². The lowest BCUT2D eigenvalue weighted by atomic mass is 9.89. The Morgan fingerprint density at radius 2 is 1.90 bits per heavy atom. The van der Waals surface area contributed by atoms with Crippen LogP contribution in [-0.2, 0) is 0 Å². The Bertz CT molecular complexity index is 610. The summed E-state index contributed by atoms with van der Waals surface area (Å²) in [5.74, 6) is 0.803. The van der Waals surface area contributed by atoms with E-state index >= 15 is 0 Å². The molecule has 1 atom stereocenters. The average molecular weight is 304 g/mol. The van der Waals surface area contributed by atoms with Crippen LogP contribution in [0.1, 0.15) is 30.4 Å². The minimum absolute atomic E-state index is 0.276. The Morgan fingerprint density at radius 3 is 2.48 bits per heavy atom. The van der Waals surface area contributed by atoms with Crippen molar-refractivity contribution in [3.63, 3.8) is 0 Å². The Labute approximate surface area is 129 Å². The van der Waals surface area contributed by atoms with Gasteiger partial charge in [-0.1, -0.05) is 42.8 Å². The predicted octanol–water partition coefficient (Wildman–Crippen LogP) is 4.60. The fraction of sp³-hybridized carbons (Fsp3) is 0.235. The van der Waals surface area contributed by atoms with Crippen LogP contribution in [0.15, 0.2) is 48.5 Å². The second-order valence-corrected chi connectivity index (χ2v) is 5.16. The van der Waals surface area contributed by atoms with Crippen molar-refractivity contribution in [2.75, 3.05) is 7.05 Å². The summed E-state index contributed by atoms with van der Waals surface area (Å²) in [6.45, 7) is 2.14. The number of carbonyl (C=O) groups excluding carboxylic acids is 1. The summed E-state index contributed by atoms with van der Waals surface area (Å²) in [4.78, 5) is 11.2. The third kappa shape index (κ3) is 3.99. The highest BCUT2D eigenvalue weighted by molar-refractivity contribution is 6.30. The maximum atomic E-state index is 11.2. The number of ether oxygens (including phenoxy) is 1. The van der Waals surface area contributed by atoms with Crippen LogP contribution in [0.2, 0.25) is 5.02 Å². The second-order valence-electron chi connectivity index (χ2n) is 4.72. The van der Waals surface area contributed by atoms with Crippen molar-refractivity contribution < 1.29 is 9.53 Å². The third-order valence-electron chi connectivity index (χ3n) is 3.36. The van der Waals surface area contributed by atoms with Crippen molar-refractivity contribution in [3.05, 3.63) is 64.7 Å². The smallest absolute Gasteiger partial charge is 0.410 e. The van der Waals surface area contributed by atoms with Crippen molar-refractivity contribution in [2.24, 2.45) is 0 Å². The van der Waals surface area contributed by atoms with Crippen LogP contribution in [0.3, 0.4) is 0 Å². The summed E-state index contributed by atoms with van der Waals surface area (Å²) < 4.78 is 5.09. The third-order valence-corrected chi connectivity index (χ3v) is 3.59. The van der Waals surface area contributed by atoms with Crippen LogP contribution >= 0.6 is 11.6 Å². The predicted molar refractivity (Wildman–Crippen MR) is 85.1 cm³/mol. The summed E-state index contributed by atoms with van der Waals surface area (Å²) in [5, 5.41) is 3.16. The molecule has 0 radical (unpaired) electrons. The maximum Gasteiger partial charge on any atom is 0.412 e. The number of halogens is 1. The lowest BCUT2D eigenvalue weighted by Gasteiger charge is -2.16. The molecule has 0 aliphatic rings. The Kier molecular flexibility index (Phi) is 5.23. The van der Waals surface area contributed by atoms with Gasteiger partial charge in [0.15, 0.2) is 0 Å². The molecular formula is C17H18ClNO2. The molecule has 1 unspecified atom stereocenters. The molecule has 2 rings (SSSR count). The van der Waals surface area contributed by atoms with Gasteiger partial charge in [-0.05, 0) is 41.8 Å². The van der Waals surface area contributed by atoms with Crippen LogP contribution < -0.4 is 10.1 Å². The minimum atomic E-state index is -0.468. The van der Waals surface area contributed by atoms with Gasteiger partial charge in [0, 0.05) is 18.0 Å². The molecule has 110 valence electrons. The van der Waals surface area contributed by atoms with Crippen LogP contribution in [0.25, 0.3) is 0 Å².